The van der Waals surface area contributed by atoms with E-state index in [1.807, 2.05) is 30.3 Å². The maximum atomic E-state index is 11.4. The van der Waals surface area contributed by atoms with Gasteiger partial charge in [-0.05, 0) is 58.8 Å². The van der Waals surface area contributed by atoms with Crippen molar-refractivity contribution in [2.24, 2.45) is 0 Å². The molecule has 0 aromatic heterocycles. The van der Waals surface area contributed by atoms with Gasteiger partial charge >= 0.3 is 0 Å². The number of amides is 1. The molecule has 1 aliphatic heterocycles. The average molecular weight is 380 g/mol. The smallest absolute Gasteiger partial charge is 0.224 e. The number of anilines is 2. The molecule has 0 spiro atoms. The van der Waals surface area contributed by atoms with E-state index in [4.69, 9.17) is 10.5 Å². The molecule has 4 nitrogen and oxygen atoms in total. The third-order valence-electron chi connectivity index (χ3n) is 3.19. The van der Waals surface area contributed by atoms with Crippen LogP contribution in [0.2, 0.25) is 0 Å². The molecular formula is C15H13IN2O2. The monoisotopic (exact) mass is 380 g/mol. The third-order valence-corrected chi connectivity index (χ3v) is 4.08. The summed E-state index contributed by atoms with van der Waals surface area (Å²) in [5.41, 5.74) is 8.37. The number of rotatable bonds is 2. The van der Waals surface area contributed by atoms with Crippen LogP contribution in [-0.2, 0) is 11.2 Å². The summed E-state index contributed by atoms with van der Waals surface area (Å²) in [4.78, 5) is 11.4. The average Bonchev–Trinajstić information content (AvgIpc) is 2.42. The van der Waals surface area contributed by atoms with Gasteiger partial charge in [0.05, 0.1) is 9.26 Å². The Labute approximate surface area is 130 Å². The molecule has 102 valence electrons. The van der Waals surface area contributed by atoms with Crippen LogP contribution >= 0.6 is 22.6 Å². The van der Waals surface area contributed by atoms with Crippen molar-refractivity contribution in [3.63, 3.8) is 0 Å². The highest BCUT2D eigenvalue weighted by molar-refractivity contribution is 14.1. The number of fused-ring (bicyclic) bond motifs is 1. The van der Waals surface area contributed by atoms with Crippen LogP contribution in [0, 0.1) is 3.57 Å². The standard InChI is InChI=1S/C15H13IN2O2/c16-10-3-1-2-4-13(10)20-14-7-9-5-6-15(19)18-12(9)8-11(14)17/h1-4,7-8H,5-6,17H2,(H,18,19). The molecule has 1 heterocycles. The molecule has 0 saturated carbocycles. The fourth-order valence-electron chi connectivity index (χ4n) is 2.16. The predicted octanol–water partition coefficient (Wildman–Crippen LogP) is 3.55. The predicted molar refractivity (Wildman–Crippen MR) is 87.0 cm³/mol. The lowest BCUT2D eigenvalue weighted by Gasteiger charge is -2.19. The summed E-state index contributed by atoms with van der Waals surface area (Å²) in [6, 6.07) is 11.4. The second-order valence-corrected chi connectivity index (χ2v) is 5.79. The second-order valence-electron chi connectivity index (χ2n) is 4.63. The number of nitrogens with two attached hydrogens (primary N) is 1. The Hall–Kier alpha value is -1.76. The van der Waals surface area contributed by atoms with Gasteiger partial charge in [0.25, 0.3) is 0 Å². The van der Waals surface area contributed by atoms with Crippen LogP contribution in [-0.4, -0.2) is 5.91 Å². The molecule has 3 N–H and O–H groups in total. The van der Waals surface area contributed by atoms with E-state index in [1.165, 1.54) is 0 Å². The van der Waals surface area contributed by atoms with E-state index in [0.29, 0.717) is 24.3 Å². The van der Waals surface area contributed by atoms with Crippen molar-refractivity contribution in [2.75, 3.05) is 11.1 Å². The minimum absolute atomic E-state index is 0.0307. The first-order valence-electron chi connectivity index (χ1n) is 6.28. The fourth-order valence-corrected chi connectivity index (χ4v) is 2.65. The summed E-state index contributed by atoms with van der Waals surface area (Å²) in [6.45, 7) is 0. The molecule has 2 aromatic rings. The van der Waals surface area contributed by atoms with Crippen LogP contribution in [0.4, 0.5) is 11.4 Å². The molecule has 0 aliphatic carbocycles. The highest BCUT2D eigenvalue weighted by Crippen LogP contribution is 2.36. The van der Waals surface area contributed by atoms with Gasteiger partial charge < -0.3 is 15.8 Å². The van der Waals surface area contributed by atoms with Crippen molar-refractivity contribution in [3.8, 4) is 11.5 Å². The van der Waals surface area contributed by atoms with Gasteiger partial charge in [0.15, 0.2) is 5.75 Å². The van der Waals surface area contributed by atoms with Gasteiger partial charge in [-0.2, -0.15) is 0 Å². The summed E-state index contributed by atoms with van der Waals surface area (Å²) < 4.78 is 6.91. The van der Waals surface area contributed by atoms with Crippen molar-refractivity contribution >= 4 is 39.9 Å². The minimum Gasteiger partial charge on any atom is -0.454 e. The highest BCUT2D eigenvalue weighted by Gasteiger charge is 2.17. The molecule has 5 heteroatoms. The number of carbonyl (C=O) groups is 1. The SMILES string of the molecule is Nc1cc2c(cc1Oc1ccccc1I)CCC(=O)N2. The first-order valence-corrected chi connectivity index (χ1v) is 7.36. The number of hydrogen-bond acceptors (Lipinski definition) is 3. The lowest BCUT2D eigenvalue weighted by molar-refractivity contribution is -0.116. The molecule has 0 saturated heterocycles. The second kappa shape index (κ2) is 5.32. The number of nitrogens with one attached hydrogen (secondary N) is 1. The first kappa shape index (κ1) is 13.2. The van der Waals surface area contributed by atoms with E-state index in [1.54, 1.807) is 6.07 Å². The summed E-state index contributed by atoms with van der Waals surface area (Å²) in [5, 5.41) is 2.83. The van der Waals surface area contributed by atoms with Gasteiger partial charge in [-0.15, -0.1) is 0 Å². The van der Waals surface area contributed by atoms with Gasteiger partial charge in [-0.3, -0.25) is 4.79 Å². The van der Waals surface area contributed by atoms with E-state index < -0.39 is 0 Å². The molecule has 1 aliphatic rings. The van der Waals surface area contributed by atoms with Gasteiger partial charge in [-0.1, -0.05) is 12.1 Å². The minimum atomic E-state index is 0.0307. The Morgan fingerprint density at radius 2 is 1.95 bits per heavy atom. The molecular weight excluding hydrogens is 367 g/mol. The van der Waals surface area contributed by atoms with Gasteiger partial charge in [0.1, 0.15) is 5.75 Å². The zero-order chi connectivity index (χ0) is 14.1. The lowest BCUT2D eigenvalue weighted by atomic mass is 10.0. The fraction of sp³-hybridized carbons (Fsp3) is 0.133. The van der Waals surface area contributed by atoms with E-state index in [0.717, 1.165) is 20.6 Å². The summed E-state index contributed by atoms with van der Waals surface area (Å²) >= 11 is 2.22. The Morgan fingerprint density at radius 1 is 1.15 bits per heavy atom. The van der Waals surface area contributed by atoms with E-state index in [2.05, 4.69) is 27.9 Å². The van der Waals surface area contributed by atoms with Crippen molar-refractivity contribution < 1.29 is 9.53 Å². The summed E-state index contributed by atoms with van der Waals surface area (Å²) in [6.07, 6.45) is 1.21. The van der Waals surface area contributed by atoms with E-state index in [-0.39, 0.29) is 5.91 Å². The lowest BCUT2D eigenvalue weighted by Crippen LogP contribution is -2.19. The van der Waals surface area contributed by atoms with Gasteiger partial charge in [-0.25, -0.2) is 0 Å². The van der Waals surface area contributed by atoms with Crippen LogP contribution in [0.3, 0.4) is 0 Å². The molecule has 1 amide bonds. The molecule has 3 rings (SSSR count). The number of ether oxygens (including phenoxy) is 1. The highest BCUT2D eigenvalue weighted by atomic mass is 127. The number of para-hydroxylation sites is 1. The third kappa shape index (κ3) is 2.58. The number of aryl methyl sites for hydroxylation is 1. The number of benzene rings is 2. The first-order chi connectivity index (χ1) is 9.63. The van der Waals surface area contributed by atoms with Crippen molar-refractivity contribution in [1.82, 2.24) is 0 Å². The van der Waals surface area contributed by atoms with E-state index in [9.17, 15) is 4.79 Å². The maximum absolute atomic E-state index is 11.4. The quantitative estimate of drug-likeness (QED) is 0.619. The molecule has 2 aromatic carbocycles. The van der Waals surface area contributed by atoms with Gasteiger partial charge in [0, 0.05) is 12.1 Å². The molecule has 0 atom stereocenters. The van der Waals surface area contributed by atoms with E-state index >= 15 is 0 Å². The Bertz CT molecular complexity index is 686. The Morgan fingerprint density at radius 3 is 2.75 bits per heavy atom. The Kier molecular flexibility index (Phi) is 3.52. The summed E-state index contributed by atoms with van der Waals surface area (Å²) in [7, 11) is 0. The maximum Gasteiger partial charge on any atom is 0.224 e. The molecule has 0 unspecified atom stereocenters. The van der Waals surface area contributed by atoms with Crippen LogP contribution in [0.1, 0.15) is 12.0 Å². The molecule has 0 fully saturated rings. The van der Waals surface area contributed by atoms with Crippen LogP contribution < -0.4 is 15.8 Å². The largest absolute Gasteiger partial charge is 0.454 e. The van der Waals surface area contributed by atoms with Crippen LogP contribution in [0.5, 0.6) is 11.5 Å². The van der Waals surface area contributed by atoms with Crippen molar-refractivity contribution in [2.45, 2.75) is 12.8 Å². The van der Waals surface area contributed by atoms with Gasteiger partial charge in [0.2, 0.25) is 5.91 Å². The number of carbonyl (C=O) groups excluding carboxylic acids is 1. The summed E-state index contributed by atoms with van der Waals surface area (Å²) in [5.74, 6) is 1.44. The van der Waals surface area contributed by atoms with Crippen molar-refractivity contribution in [3.05, 3.63) is 45.5 Å². The normalized spacial score (nSPS) is 13.6. The topological polar surface area (TPSA) is 64.3 Å². The molecule has 20 heavy (non-hydrogen) atoms. The zero-order valence-electron chi connectivity index (χ0n) is 10.7. The van der Waals surface area contributed by atoms with Crippen LogP contribution in [0.25, 0.3) is 0 Å². The Balaban J connectivity index is 1.95. The zero-order valence-corrected chi connectivity index (χ0v) is 12.8. The van der Waals surface area contributed by atoms with Crippen molar-refractivity contribution in [1.29, 1.82) is 0 Å². The number of nitrogen functional groups attached to an aromatic ring is 1. The molecule has 0 bridgehead atoms. The van der Waals surface area contributed by atoms with Crippen LogP contribution in [0.15, 0.2) is 36.4 Å². The number of hydrogen-bond donors (Lipinski definition) is 2. The molecule has 0 radical (unpaired) electrons. The number of halogens is 1.